The summed E-state index contributed by atoms with van der Waals surface area (Å²) < 4.78 is 0. The van der Waals surface area contributed by atoms with Crippen LogP contribution >= 0.6 is 0 Å². The quantitative estimate of drug-likeness (QED) is 0.570. The molecule has 0 aliphatic heterocycles. The van der Waals surface area contributed by atoms with E-state index in [4.69, 9.17) is 0 Å². The molecule has 0 spiro atoms. The Morgan fingerprint density at radius 3 is 1.64 bits per heavy atom. The molecule has 0 rings (SSSR count). The van der Waals surface area contributed by atoms with E-state index in [1.54, 1.807) is 6.92 Å². The predicted molar refractivity (Wildman–Crippen MR) is 47.4 cm³/mol. The van der Waals surface area contributed by atoms with Crippen LogP contribution in [0.3, 0.4) is 0 Å². The molecule has 0 saturated carbocycles. The zero-order chi connectivity index (χ0) is 9.23. The molecule has 0 unspecified atom stereocenters. The molecule has 0 N–H and O–H groups in total. The van der Waals surface area contributed by atoms with E-state index in [2.05, 4.69) is 20.8 Å². The third-order valence-electron chi connectivity index (χ3n) is 1.58. The summed E-state index contributed by atoms with van der Waals surface area (Å²) in [4.78, 5) is 13.0. The number of amides is 1. The first-order valence-electron chi connectivity index (χ1n) is 4.06. The monoisotopic (exact) mass is 157 g/mol. The van der Waals surface area contributed by atoms with Crippen LogP contribution in [0.5, 0.6) is 0 Å². The molecule has 0 aliphatic rings. The smallest absolute Gasteiger partial charge is 0.220 e. The number of hydrogen-bond donors (Lipinski definition) is 0. The van der Waals surface area contributed by atoms with E-state index in [9.17, 15) is 4.79 Å². The van der Waals surface area contributed by atoms with Gasteiger partial charge in [-0.15, -0.1) is 0 Å². The lowest BCUT2D eigenvalue weighted by atomic mass is 10.0. The van der Waals surface area contributed by atoms with Crippen LogP contribution in [0.4, 0.5) is 0 Å². The molecule has 0 aliphatic carbocycles. The van der Waals surface area contributed by atoms with Gasteiger partial charge in [0.1, 0.15) is 0 Å². The minimum Gasteiger partial charge on any atom is -0.336 e. The van der Waals surface area contributed by atoms with E-state index in [0.717, 1.165) is 0 Å². The molecule has 0 aromatic rings. The summed E-state index contributed by atoms with van der Waals surface area (Å²) in [5.41, 5.74) is -0.0556. The summed E-state index contributed by atoms with van der Waals surface area (Å²) in [7, 11) is 0. The molecule has 0 fully saturated rings. The third kappa shape index (κ3) is 2.91. The molecule has 11 heavy (non-hydrogen) atoms. The van der Waals surface area contributed by atoms with Gasteiger partial charge in [0.2, 0.25) is 5.91 Å². The molecule has 2 heteroatoms. The van der Waals surface area contributed by atoms with E-state index in [-0.39, 0.29) is 17.5 Å². The molecule has 0 radical (unpaired) electrons. The normalized spacial score (nSPS) is 11.9. The fraction of sp³-hybridized carbons (Fsp3) is 0.889. The van der Waals surface area contributed by atoms with Gasteiger partial charge in [0, 0.05) is 18.5 Å². The molecule has 2 nitrogen and oxygen atoms in total. The van der Waals surface area contributed by atoms with E-state index < -0.39 is 0 Å². The van der Waals surface area contributed by atoms with Crippen molar-refractivity contribution in [3.63, 3.8) is 0 Å². The first-order valence-corrected chi connectivity index (χ1v) is 4.06. The van der Waals surface area contributed by atoms with Crippen molar-refractivity contribution in [1.82, 2.24) is 4.90 Å². The minimum atomic E-state index is -0.0556. The van der Waals surface area contributed by atoms with Crippen molar-refractivity contribution >= 4 is 5.91 Å². The van der Waals surface area contributed by atoms with Crippen LogP contribution in [0.15, 0.2) is 0 Å². The molecule has 66 valence electrons. The average Bonchev–Trinajstić information content (AvgIpc) is 1.54. The molecule has 0 heterocycles. The largest absolute Gasteiger partial charge is 0.336 e. The lowest BCUT2D eigenvalue weighted by Crippen LogP contribution is -2.48. The van der Waals surface area contributed by atoms with Gasteiger partial charge < -0.3 is 4.90 Å². The average molecular weight is 157 g/mol. The summed E-state index contributed by atoms with van der Waals surface area (Å²) in [5, 5.41) is 0. The molecule has 0 saturated heterocycles. The second-order valence-electron chi connectivity index (χ2n) is 4.15. The topological polar surface area (TPSA) is 20.3 Å². The van der Waals surface area contributed by atoms with Gasteiger partial charge in [-0.05, 0) is 34.6 Å². The van der Waals surface area contributed by atoms with E-state index in [1.807, 2.05) is 18.7 Å². The van der Waals surface area contributed by atoms with Crippen LogP contribution in [-0.4, -0.2) is 22.4 Å². The third-order valence-corrected chi connectivity index (χ3v) is 1.58. The highest BCUT2D eigenvalue weighted by atomic mass is 16.2. The van der Waals surface area contributed by atoms with Gasteiger partial charge in [-0.1, -0.05) is 0 Å². The Morgan fingerprint density at radius 2 is 1.64 bits per heavy atom. The number of rotatable bonds is 1. The Labute approximate surface area is 69.6 Å². The fourth-order valence-electron chi connectivity index (χ4n) is 1.61. The van der Waals surface area contributed by atoms with E-state index in [0.29, 0.717) is 0 Å². The van der Waals surface area contributed by atoms with Gasteiger partial charge in [0.15, 0.2) is 0 Å². The number of carbonyl (C=O) groups excluding carboxylic acids is 1. The molecular weight excluding hydrogens is 138 g/mol. The molecular formula is C9H19NO. The van der Waals surface area contributed by atoms with Crippen molar-refractivity contribution < 1.29 is 4.79 Å². The lowest BCUT2D eigenvalue weighted by molar-refractivity contribution is -0.135. The second kappa shape index (κ2) is 3.24. The van der Waals surface area contributed by atoms with Crippen LogP contribution in [0.25, 0.3) is 0 Å². The fourth-order valence-corrected chi connectivity index (χ4v) is 1.61. The molecule has 0 atom stereocenters. The van der Waals surface area contributed by atoms with Crippen LogP contribution in [0.2, 0.25) is 0 Å². The molecule has 0 aromatic heterocycles. The summed E-state index contributed by atoms with van der Waals surface area (Å²) in [5.74, 6) is 0.146. The zero-order valence-electron chi connectivity index (χ0n) is 8.43. The summed E-state index contributed by atoms with van der Waals surface area (Å²) in [6, 6.07) is 0.285. The van der Waals surface area contributed by atoms with Gasteiger partial charge in [-0.2, -0.15) is 0 Å². The second-order valence-corrected chi connectivity index (χ2v) is 4.15. The van der Waals surface area contributed by atoms with Crippen LogP contribution in [0.1, 0.15) is 41.5 Å². The van der Waals surface area contributed by atoms with Crippen molar-refractivity contribution in [2.75, 3.05) is 0 Å². The maximum absolute atomic E-state index is 11.2. The van der Waals surface area contributed by atoms with Crippen molar-refractivity contribution in [3.05, 3.63) is 0 Å². The maximum Gasteiger partial charge on any atom is 0.220 e. The highest BCUT2D eigenvalue weighted by Gasteiger charge is 2.25. The van der Waals surface area contributed by atoms with Gasteiger partial charge in [-0.3, -0.25) is 4.79 Å². The Bertz CT molecular complexity index is 144. The Hall–Kier alpha value is -0.530. The molecule has 0 bridgehead atoms. The van der Waals surface area contributed by atoms with Gasteiger partial charge >= 0.3 is 0 Å². The van der Waals surface area contributed by atoms with Crippen LogP contribution < -0.4 is 0 Å². The van der Waals surface area contributed by atoms with Crippen molar-refractivity contribution in [2.24, 2.45) is 0 Å². The maximum atomic E-state index is 11.2. The lowest BCUT2D eigenvalue weighted by Gasteiger charge is -2.38. The van der Waals surface area contributed by atoms with Gasteiger partial charge in [0.05, 0.1) is 0 Å². The number of carbonyl (C=O) groups is 1. The van der Waals surface area contributed by atoms with Gasteiger partial charge in [-0.25, -0.2) is 0 Å². The first kappa shape index (κ1) is 10.5. The van der Waals surface area contributed by atoms with Gasteiger partial charge in [0.25, 0.3) is 0 Å². The van der Waals surface area contributed by atoms with Crippen LogP contribution in [-0.2, 0) is 4.79 Å². The first-order chi connectivity index (χ1) is 4.76. The summed E-state index contributed by atoms with van der Waals surface area (Å²) in [6.45, 7) is 11.8. The predicted octanol–water partition coefficient (Wildman–Crippen LogP) is 2.04. The van der Waals surface area contributed by atoms with Crippen molar-refractivity contribution in [1.29, 1.82) is 0 Å². The Kier molecular flexibility index (Phi) is 3.09. The zero-order valence-corrected chi connectivity index (χ0v) is 8.43. The van der Waals surface area contributed by atoms with Crippen molar-refractivity contribution in [2.45, 2.75) is 53.1 Å². The highest BCUT2D eigenvalue weighted by Crippen LogP contribution is 2.16. The van der Waals surface area contributed by atoms with E-state index in [1.165, 1.54) is 0 Å². The summed E-state index contributed by atoms with van der Waals surface area (Å²) >= 11 is 0. The Morgan fingerprint density at radius 1 is 1.27 bits per heavy atom. The summed E-state index contributed by atoms with van der Waals surface area (Å²) in [6.07, 6.45) is 0. The Balaban J connectivity index is 4.49. The number of hydrogen-bond acceptors (Lipinski definition) is 1. The highest BCUT2D eigenvalue weighted by molar-refractivity contribution is 5.74. The molecule has 0 aromatic carbocycles. The molecule has 1 amide bonds. The van der Waals surface area contributed by atoms with Crippen molar-refractivity contribution in [3.8, 4) is 0 Å². The number of nitrogens with zero attached hydrogens (tertiary/aromatic N) is 1. The standard InChI is InChI=1S/C9H19NO/c1-7(2)10(8(3)11)9(4,5)6/h7H,1-6H3. The van der Waals surface area contributed by atoms with E-state index >= 15 is 0 Å². The SMILES string of the molecule is CC(=O)N(C(C)C)C(C)(C)C. The minimum absolute atomic E-state index is 0.0556. The van der Waals surface area contributed by atoms with Crippen LogP contribution in [0, 0.1) is 0 Å².